The number of benzene rings is 1. The Morgan fingerprint density at radius 3 is 2.37 bits per heavy atom. The highest BCUT2D eigenvalue weighted by atomic mass is 79.9. The molecule has 1 aliphatic carbocycles. The fraction of sp³-hybridized carbons (Fsp3) is 0.500. The van der Waals surface area contributed by atoms with E-state index in [1.165, 1.54) is 0 Å². The molecule has 0 bridgehead atoms. The largest absolute Gasteiger partial charge is 0.351 e. The van der Waals surface area contributed by atoms with Crippen LogP contribution in [0, 0.1) is 5.92 Å². The van der Waals surface area contributed by atoms with Gasteiger partial charge in [-0.1, -0.05) is 35.0 Å². The third kappa shape index (κ3) is 3.71. The van der Waals surface area contributed by atoms with E-state index < -0.39 is 5.54 Å². The Bertz CT molecular complexity index is 441. The summed E-state index contributed by atoms with van der Waals surface area (Å²) < 4.78 is 0.982. The molecule has 3 N–H and O–H groups in total. The monoisotopic (exact) mass is 346 g/mol. The van der Waals surface area contributed by atoms with Crippen LogP contribution in [0.2, 0.25) is 0 Å². The zero-order valence-corrected chi connectivity index (χ0v) is 13.6. The predicted molar refractivity (Wildman–Crippen MR) is 83.3 cm³/mol. The molecule has 5 heteroatoms. The molecule has 1 fully saturated rings. The van der Waals surface area contributed by atoms with Crippen molar-refractivity contribution in [3.63, 3.8) is 0 Å². The average Bonchev–Trinajstić information content (AvgIpc) is 2.27. The van der Waals surface area contributed by atoms with Crippen molar-refractivity contribution >= 4 is 34.2 Å². The summed E-state index contributed by atoms with van der Waals surface area (Å²) in [5.41, 5.74) is 6.02. The molecule has 0 saturated heterocycles. The second-order valence-electron chi connectivity index (χ2n) is 5.46. The van der Waals surface area contributed by atoms with E-state index in [0.29, 0.717) is 12.0 Å². The lowest BCUT2D eigenvalue weighted by Crippen LogP contribution is -2.54. The minimum atomic E-state index is -0.973. The predicted octanol–water partition coefficient (Wildman–Crippen LogP) is 2.96. The molecule has 0 spiro atoms. The number of nitrogens with two attached hydrogens (primary N) is 1. The topological polar surface area (TPSA) is 55.1 Å². The lowest BCUT2D eigenvalue weighted by molar-refractivity contribution is -0.127. The summed E-state index contributed by atoms with van der Waals surface area (Å²) >= 11 is 3.38. The normalized spacial score (nSPS) is 24.6. The van der Waals surface area contributed by atoms with E-state index in [1.54, 1.807) is 6.92 Å². The molecule has 2 rings (SSSR count). The quantitative estimate of drug-likeness (QED) is 0.883. The van der Waals surface area contributed by atoms with Crippen molar-refractivity contribution in [1.29, 1.82) is 0 Å². The molecule has 0 heterocycles. The molecule has 0 aliphatic heterocycles. The molecule has 1 atom stereocenters. The van der Waals surface area contributed by atoms with Gasteiger partial charge in [0.2, 0.25) is 5.91 Å². The van der Waals surface area contributed by atoms with Gasteiger partial charge in [-0.3, -0.25) is 4.79 Å². The molecule has 0 aromatic heterocycles. The number of rotatable bonds is 3. The summed E-state index contributed by atoms with van der Waals surface area (Å²) in [6.07, 6.45) is 2.12. The van der Waals surface area contributed by atoms with Gasteiger partial charge in [0, 0.05) is 10.5 Å². The van der Waals surface area contributed by atoms with Gasteiger partial charge in [0.1, 0.15) is 5.54 Å². The van der Waals surface area contributed by atoms with Gasteiger partial charge in [-0.25, -0.2) is 0 Å². The third-order valence-electron chi connectivity index (χ3n) is 3.62. The van der Waals surface area contributed by atoms with E-state index in [9.17, 15) is 4.79 Å². The molecule has 1 aliphatic rings. The number of amides is 1. The molecular weight excluding hydrogens is 328 g/mol. The van der Waals surface area contributed by atoms with Crippen molar-refractivity contribution in [3.05, 3.63) is 34.3 Å². The number of carbonyl (C=O) groups is 1. The summed E-state index contributed by atoms with van der Waals surface area (Å²) in [5, 5.41) is 3.02. The van der Waals surface area contributed by atoms with Crippen molar-refractivity contribution in [2.45, 2.75) is 38.3 Å². The van der Waals surface area contributed by atoms with Crippen LogP contribution in [-0.2, 0) is 10.3 Å². The highest BCUT2D eigenvalue weighted by Crippen LogP contribution is 2.28. The highest BCUT2D eigenvalue weighted by Gasteiger charge is 2.34. The van der Waals surface area contributed by atoms with Crippen LogP contribution in [0.5, 0.6) is 0 Å². The van der Waals surface area contributed by atoms with Crippen LogP contribution in [0.25, 0.3) is 0 Å². The zero-order valence-electron chi connectivity index (χ0n) is 11.2. The molecule has 1 saturated carbocycles. The lowest BCUT2D eigenvalue weighted by atomic mass is 9.81. The third-order valence-corrected chi connectivity index (χ3v) is 4.15. The number of nitrogens with one attached hydrogen (secondary N) is 1. The number of halogens is 2. The van der Waals surface area contributed by atoms with E-state index in [4.69, 9.17) is 5.73 Å². The maximum Gasteiger partial charge on any atom is 0.244 e. The lowest BCUT2D eigenvalue weighted by Gasteiger charge is -2.36. The van der Waals surface area contributed by atoms with Crippen LogP contribution in [0.15, 0.2) is 28.7 Å². The standard InChI is InChI=1S/C14H19BrN2O.ClH/c1-9-7-12(8-9)17-13(18)14(2,16)10-3-5-11(15)6-4-10;/h3-6,9,12H,7-8,16H2,1-2H3,(H,17,18);1H. The second kappa shape index (κ2) is 6.25. The molecule has 106 valence electrons. The van der Waals surface area contributed by atoms with Gasteiger partial charge in [0.05, 0.1) is 0 Å². The summed E-state index contributed by atoms with van der Waals surface area (Å²) in [7, 11) is 0. The molecule has 0 radical (unpaired) electrons. The Balaban J connectivity index is 0.00000180. The average molecular weight is 348 g/mol. The Labute approximate surface area is 128 Å². The zero-order chi connectivity index (χ0) is 13.3. The van der Waals surface area contributed by atoms with E-state index >= 15 is 0 Å². The summed E-state index contributed by atoms with van der Waals surface area (Å²) in [5.74, 6) is 0.619. The molecule has 1 unspecified atom stereocenters. The minimum Gasteiger partial charge on any atom is -0.351 e. The minimum absolute atomic E-state index is 0. The van der Waals surface area contributed by atoms with Gasteiger partial charge in [0.15, 0.2) is 0 Å². The molecule has 1 amide bonds. The van der Waals surface area contributed by atoms with E-state index in [2.05, 4.69) is 28.2 Å². The van der Waals surface area contributed by atoms with Crippen molar-refractivity contribution < 1.29 is 4.79 Å². The molecule has 3 nitrogen and oxygen atoms in total. The van der Waals surface area contributed by atoms with Crippen LogP contribution in [0.1, 0.15) is 32.3 Å². The van der Waals surface area contributed by atoms with Crippen LogP contribution in [0.3, 0.4) is 0 Å². The van der Waals surface area contributed by atoms with Gasteiger partial charge >= 0.3 is 0 Å². The highest BCUT2D eigenvalue weighted by molar-refractivity contribution is 9.10. The SMILES string of the molecule is CC1CC(NC(=O)C(C)(N)c2ccc(Br)cc2)C1.Cl. The summed E-state index contributed by atoms with van der Waals surface area (Å²) in [6, 6.07) is 7.86. The Morgan fingerprint density at radius 1 is 1.37 bits per heavy atom. The van der Waals surface area contributed by atoms with Crippen LogP contribution >= 0.6 is 28.3 Å². The van der Waals surface area contributed by atoms with Gasteiger partial charge in [0.25, 0.3) is 0 Å². The van der Waals surface area contributed by atoms with Crippen LogP contribution in [0.4, 0.5) is 0 Å². The molecule has 1 aromatic carbocycles. The number of hydrogen-bond donors (Lipinski definition) is 2. The molecule has 19 heavy (non-hydrogen) atoms. The number of carbonyl (C=O) groups excluding carboxylic acids is 1. The van der Waals surface area contributed by atoms with Gasteiger partial charge in [-0.2, -0.15) is 0 Å². The van der Waals surface area contributed by atoms with Crippen LogP contribution < -0.4 is 11.1 Å². The summed E-state index contributed by atoms with van der Waals surface area (Å²) in [6.45, 7) is 3.95. The first-order valence-electron chi connectivity index (χ1n) is 6.25. The smallest absolute Gasteiger partial charge is 0.244 e. The fourth-order valence-electron chi connectivity index (χ4n) is 2.28. The maximum atomic E-state index is 12.2. The second-order valence-corrected chi connectivity index (χ2v) is 6.37. The van der Waals surface area contributed by atoms with E-state index in [1.807, 2.05) is 24.3 Å². The number of hydrogen-bond acceptors (Lipinski definition) is 2. The molecule has 1 aromatic rings. The van der Waals surface area contributed by atoms with Crippen LogP contribution in [-0.4, -0.2) is 11.9 Å². The van der Waals surface area contributed by atoms with Crippen molar-refractivity contribution in [3.8, 4) is 0 Å². The van der Waals surface area contributed by atoms with Crippen molar-refractivity contribution in [2.75, 3.05) is 0 Å². The first-order chi connectivity index (χ1) is 8.39. The fourth-order valence-corrected chi connectivity index (χ4v) is 2.55. The van der Waals surface area contributed by atoms with Gasteiger partial charge < -0.3 is 11.1 Å². The molecular formula is C14H20BrClN2O. The van der Waals surface area contributed by atoms with Gasteiger partial charge in [-0.05, 0) is 43.4 Å². The van der Waals surface area contributed by atoms with E-state index in [-0.39, 0.29) is 18.3 Å². The van der Waals surface area contributed by atoms with Gasteiger partial charge in [-0.15, -0.1) is 12.4 Å². The Hall–Kier alpha value is -0.580. The Kier molecular flexibility index (Phi) is 5.42. The van der Waals surface area contributed by atoms with E-state index in [0.717, 1.165) is 22.9 Å². The first kappa shape index (κ1) is 16.5. The summed E-state index contributed by atoms with van der Waals surface area (Å²) in [4.78, 5) is 12.2. The maximum absolute atomic E-state index is 12.2. The van der Waals surface area contributed by atoms with Crippen molar-refractivity contribution in [1.82, 2.24) is 5.32 Å². The van der Waals surface area contributed by atoms with Crippen molar-refractivity contribution in [2.24, 2.45) is 11.7 Å². The first-order valence-corrected chi connectivity index (χ1v) is 7.05. The Morgan fingerprint density at radius 2 is 1.89 bits per heavy atom.